The summed E-state index contributed by atoms with van der Waals surface area (Å²) in [6.07, 6.45) is 20.7. The second kappa shape index (κ2) is 15.0. The summed E-state index contributed by atoms with van der Waals surface area (Å²) in [7, 11) is 0. The van der Waals surface area contributed by atoms with Gasteiger partial charge in [0.05, 0.1) is 6.61 Å². The lowest BCUT2D eigenvalue weighted by Crippen LogP contribution is -1.97. The number of hydrogen-bond donors (Lipinski definition) is 0. The first-order valence-corrected chi connectivity index (χ1v) is 11.9. The van der Waals surface area contributed by atoms with Gasteiger partial charge >= 0.3 is 0 Å². The van der Waals surface area contributed by atoms with Gasteiger partial charge in [0.1, 0.15) is 5.75 Å². The molecule has 0 aliphatic carbocycles. The van der Waals surface area contributed by atoms with Crippen LogP contribution in [0.4, 0.5) is 0 Å². The fourth-order valence-corrected chi connectivity index (χ4v) is 3.52. The summed E-state index contributed by atoms with van der Waals surface area (Å²) in [4.78, 5) is 9.13. The van der Waals surface area contributed by atoms with Crippen LogP contribution in [-0.4, -0.2) is 16.6 Å². The monoisotopic (exact) mass is 396 g/mol. The molecule has 29 heavy (non-hydrogen) atoms. The molecular weight excluding hydrogens is 356 g/mol. The van der Waals surface area contributed by atoms with Crippen LogP contribution in [0.2, 0.25) is 0 Å². The molecule has 0 aliphatic rings. The van der Waals surface area contributed by atoms with E-state index in [0.717, 1.165) is 36.6 Å². The second-order valence-electron chi connectivity index (χ2n) is 8.07. The van der Waals surface area contributed by atoms with Crippen LogP contribution in [0, 0.1) is 0 Å². The summed E-state index contributed by atoms with van der Waals surface area (Å²) in [5, 5.41) is 0. The predicted octanol–water partition coefficient (Wildman–Crippen LogP) is 7.79. The van der Waals surface area contributed by atoms with Gasteiger partial charge in [-0.05, 0) is 49.1 Å². The minimum absolute atomic E-state index is 0.791. The Morgan fingerprint density at radius 1 is 0.655 bits per heavy atom. The van der Waals surface area contributed by atoms with E-state index in [0.29, 0.717) is 0 Å². The molecular formula is C26H40N2O. The highest BCUT2D eigenvalue weighted by Gasteiger charge is 2.03. The second-order valence-corrected chi connectivity index (χ2v) is 8.07. The van der Waals surface area contributed by atoms with Gasteiger partial charge in [-0.15, -0.1) is 0 Å². The molecule has 1 aromatic carbocycles. The van der Waals surface area contributed by atoms with E-state index in [9.17, 15) is 0 Å². The lowest BCUT2D eigenvalue weighted by atomic mass is 10.1. The molecule has 160 valence electrons. The largest absolute Gasteiger partial charge is 0.494 e. The zero-order chi connectivity index (χ0) is 20.6. The topological polar surface area (TPSA) is 35.0 Å². The number of hydrogen-bond acceptors (Lipinski definition) is 3. The highest BCUT2D eigenvalue weighted by molar-refractivity contribution is 5.55. The highest BCUT2D eigenvalue weighted by atomic mass is 16.5. The van der Waals surface area contributed by atoms with Gasteiger partial charge in [0, 0.05) is 18.0 Å². The van der Waals surface area contributed by atoms with Crippen LogP contribution in [0.25, 0.3) is 11.4 Å². The van der Waals surface area contributed by atoms with Crippen molar-refractivity contribution in [3.63, 3.8) is 0 Å². The van der Waals surface area contributed by atoms with E-state index in [-0.39, 0.29) is 0 Å². The van der Waals surface area contributed by atoms with Crippen LogP contribution in [0.5, 0.6) is 5.75 Å². The van der Waals surface area contributed by atoms with Crippen LogP contribution in [0.3, 0.4) is 0 Å². The average Bonchev–Trinajstić information content (AvgIpc) is 2.76. The number of rotatable bonds is 16. The highest BCUT2D eigenvalue weighted by Crippen LogP contribution is 2.20. The summed E-state index contributed by atoms with van der Waals surface area (Å²) in [5.41, 5.74) is 2.28. The molecule has 2 rings (SSSR count). The minimum atomic E-state index is 0.791. The molecule has 0 saturated carbocycles. The third-order valence-electron chi connectivity index (χ3n) is 5.40. The number of benzene rings is 1. The lowest BCUT2D eigenvalue weighted by Gasteiger charge is -2.07. The van der Waals surface area contributed by atoms with Crippen molar-refractivity contribution in [2.45, 2.75) is 97.3 Å². The van der Waals surface area contributed by atoms with Crippen molar-refractivity contribution in [2.24, 2.45) is 0 Å². The smallest absolute Gasteiger partial charge is 0.159 e. The zero-order valence-electron chi connectivity index (χ0n) is 18.7. The molecule has 0 amide bonds. The summed E-state index contributed by atoms with van der Waals surface area (Å²) >= 11 is 0. The Morgan fingerprint density at radius 2 is 1.21 bits per heavy atom. The van der Waals surface area contributed by atoms with E-state index in [1.165, 1.54) is 76.2 Å². The molecule has 0 saturated heterocycles. The predicted molar refractivity (Wildman–Crippen MR) is 123 cm³/mol. The molecule has 0 N–H and O–H groups in total. The number of nitrogens with zero attached hydrogens (tertiary/aromatic N) is 2. The van der Waals surface area contributed by atoms with Gasteiger partial charge in [-0.2, -0.15) is 0 Å². The molecule has 1 aromatic heterocycles. The van der Waals surface area contributed by atoms with Gasteiger partial charge in [0.25, 0.3) is 0 Å². The Hall–Kier alpha value is -1.90. The molecule has 2 aromatic rings. The summed E-state index contributed by atoms with van der Waals surface area (Å²) < 4.78 is 5.86. The number of aromatic nitrogens is 2. The molecule has 0 bridgehead atoms. The molecule has 0 aliphatic heterocycles. The van der Waals surface area contributed by atoms with Crippen molar-refractivity contribution in [3.05, 3.63) is 42.2 Å². The number of aryl methyl sites for hydroxylation is 1. The van der Waals surface area contributed by atoms with Crippen molar-refractivity contribution in [1.29, 1.82) is 0 Å². The molecule has 0 unspecified atom stereocenters. The van der Waals surface area contributed by atoms with Crippen molar-refractivity contribution in [2.75, 3.05) is 6.61 Å². The summed E-state index contributed by atoms with van der Waals surface area (Å²) in [6.45, 7) is 5.31. The average molecular weight is 397 g/mol. The molecule has 3 heteroatoms. The van der Waals surface area contributed by atoms with Gasteiger partial charge in [-0.25, -0.2) is 9.97 Å². The van der Waals surface area contributed by atoms with E-state index in [4.69, 9.17) is 4.74 Å². The Morgan fingerprint density at radius 3 is 1.83 bits per heavy atom. The lowest BCUT2D eigenvalue weighted by molar-refractivity contribution is 0.304. The SMILES string of the molecule is CCCCCCCCOc1ccc(-c2ncc(CCCCCCCC)cn2)cc1. The van der Waals surface area contributed by atoms with Crippen molar-refractivity contribution >= 4 is 0 Å². The quantitative estimate of drug-likeness (QED) is 0.272. The van der Waals surface area contributed by atoms with Crippen LogP contribution in [0.15, 0.2) is 36.7 Å². The van der Waals surface area contributed by atoms with Crippen LogP contribution in [-0.2, 0) is 6.42 Å². The third-order valence-corrected chi connectivity index (χ3v) is 5.40. The maximum absolute atomic E-state index is 5.86. The number of unbranched alkanes of at least 4 members (excludes halogenated alkanes) is 10. The standard InChI is InChI=1S/C26H40N2O/c1-3-5-7-9-11-13-15-23-21-27-26(28-22-23)24-16-18-25(19-17-24)29-20-14-12-10-8-6-4-2/h16-19,21-22H,3-15,20H2,1-2H3. The van der Waals surface area contributed by atoms with E-state index in [1.807, 2.05) is 24.5 Å². The maximum Gasteiger partial charge on any atom is 0.159 e. The Balaban J connectivity index is 1.68. The normalized spacial score (nSPS) is 11.0. The summed E-state index contributed by atoms with van der Waals surface area (Å²) in [5.74, 6) is 1.72. The molecule has 0 atom stereocenters. The molecule has 1 heterocycles. The van der Waals surface area contributed by atoms with E-state index >= 15 is 0 Å². The first-order chi connectivity index (χ1) is 14.3. The third kappa shape index (κ3) is 9.92. The molecule has 0 fully saturated rings. The van der Waals surface area contributed by atoms with Crippen molar-refractivity contribution in [3.8, 4) is 17.1 Å². The van der Waals surface area contributed by atoms with E-state index in [2.05, 4.69) is 35.9 Å². The molecule has 0 spiro atoms. The Kier molecular flexibility index (Phi) is 12.1. The fraction of sp³-hybridized carbons (Fsp3) is 0.615. The van der Waals surface area contributed by atoms with E-state index in [1.54, 1.807) is 0 Å². The van der Waals surface area contributed by atoms with Gasteiger partial charge in [-0.1, -0.05) is 78.1 Å². The fourth-order valence-electron chi connectivity index (χ4n) is 3.52. The van der Waals surface area contributed by atoms with Crippen molar-refractivity contribution < 1.29 is 4.74 Å². The molecule has 3 nitrogen and oxygen atoms in total. The first-order valence-electron chi connectivity index (χ1n) is 11.9. The first kappa shape index (κ1) is 23.4. The molecule has 0 radical (unpaired) electrons. The van der Waals surface area contributed by atoms with Crippen molar-refractivity contribution in [1.82, 2.24) is 9.97 Å². The van der Waals surface area contributed by atoms with Gasteiger partial charge < -0.3 is 4.74 Å². The van der Waals surface area contributed by atoms with E-state index < -0.39 is 0 Å². The Bertz CT molecular complexity index is 637. The minimum Gasteiger partial charge on any atom is -0.494 e. The Labute approximate surface area is 178 Å². The van der Waals surface area contributed by atoms with Gasteiger partial charge in [-0.3, -0.25) is 0 Å². The zero-order valence-corrected chi connectivity index (χ0v) is 18.7. The van der Waals surface area contributed by atoms with Crippen LogP contribution in [0.1, 0.15) is 96.5 Å². The van der Waals surface area contributed by atoms with Crippen LogP contribution >= 0.6 is 0 Å². The number of ether oxygens (including phenoxy) is 1. The maximum atomic E-state index is 5.86. The summed E-state index contributed by atoms with van der Waals surface area (Å²) in [6, 6.07) is 8.17. The van der Waals surface area contributed by atoms with Gasteiger partial charge in [0.2, 0.25) is 0 Å². The van der Waals surface area contributed by atoms with Gasteiger partial charge in [0.15, 0.2) is 5.82 Å². The van der Waals surface area contributed by atoms with Crippen LogP contribution < -0.4 is 4.74 Å².